The zero-order valence-electron chi connectivity index (χ0n) is 18.2. The van der Waals surface area contributed by atoms with Gasteiger partial charge < -0.3 is 20.5 Å². The van der Waals surface area contributed by atoms with Crippen LogP contribution in [0.4, 0.5) is 0 Å². The molecule has 1 atom stereocenters. The molecule has 0 bridgehead atoms. The quantitative estimate of drug-likeness (QED) is 0.208. The van der Waals surface area contributed by atoms with Gasteiger partial charge in [-0.05, 0) is 24.1 Å². The third kappa shape index (κ3) is 10.2. The lowest BCUT2D eigenvalue weighted by atomic mass is 10.1. The summed E-state index contributed by atoms with van der Waals surface area (Å²) in [5, 5.41) is 2.95. The first kappa shape index (κ1) is 25.4. The van der Waals surface area contributed by atoms with E-state index in [2.05, 4.69) is 29.3 Å². The molecule has 4 N–H and O–H groups in total. The maximum atomic E-state index is 12.2. The molecule has 1 aromatic carbocycles. The molecule has 0 saturated carbocycles. The van der Waals surface area contributed by atoms with Gasteiger partial charge in [0.05, 0.1) is 13.5 Å². The SMILES string of the molecule is C=C(CC(=O)OC)C(=O)Oc1ccc(C[C@H]([NH3+])C(=O)NCCCCCCCC)cc1. The number of ether oxygens (including phenoxy) is 2. The van der Waals surface area contributed by atoms with Crippen LogP contribution in [-0.2, 0) is 25.5 Å². The molecule has 0 spiro atoms. The maximum absolute atomic E-state index is 12.2. The first-order valence-corrected chi connectivity index (χ1v) is 10.5. The van der Waals surface area contributed by atoms with Crippen LogP contribution >= 0.6 is 0 Å². The van der Waals surface area contributed by atoms with Crippen molar-refractivity contribution in [3.63, 3.8) is 0 Å². The van der Waals surface area contributed by atoms with E-state index in [1.807, 2.05) is 0 Å². The van der Waals surface area contributed by atoms with Gasteiger partial charge in [0.2, 0.25) is 0 Å². The number of benzene rings is 1. The summed E-state index contributed by atoms with van der Waals surface area (Å²) in [5.41, 5.74) is 4.88. The topological polar surface area (TPSA) is 109 Å². The predicted octanol–water partition coefficient (Wildman–Crippen LogP) is 2.34. The van der Waals surface area contributed by atoms with Crippen LogP contribution in [0.1, 0.15) is 57.4 Å². The molecule has 1 amide bonds. The lowest BCUT2D eigenvalue weighted by Gasteiger charge is -2.11. The highest BCUT2D eigenvalue weighted by Gasteiger charge is 2.18. The molecule has 0 heterocycles. The lowest BCUT2D eigenvalue weighted by molar-refractivity contribution is -0.403. The number of esters is 2. The van der Waals surface area contributed by atoms with E-state index in [-0.39, 0.29) is 17.9 Å². The van der Waals surface area contributed by atoms with Gasteiger partial charge in [0.15, 0.2) is 6.04 Å². The van der Waals surface area contributed by atoms with Gasteiger partial charge in [0.25, 0.3) is 5.91 Å². The third-order valence-corrected chi connectivity index (χ3v) is 4.69. The highest BCUT2D eigenvalue weighted by molar-refractivity contribution is 5.94. The van der Waals surface area contributed by atoms with E-state index in [9.17, 15) is 14.4 Å². The minimum Gasteiger partial charge on any atom is -0.469 e. The van der Waals surface area contributed by atoms with Gasteiger partial charge >= 0.3 is 11.9 Å². The Morgan fingerprint density at radius 1 is 1.07 bits per heavy atom. The van der Waals surface area contributed by atoms with Crippen molar-refractivity contribution < 1.29 is 29.6 Å². The zero-order valence-corrected chi connectivity index (χ0v) is 18.2. The van der Waals surface area contributed by atoms with Crippen molar-refractivity contribution in [2.75, 3.05) is 13.7 Å². The van der Waals surface area contributed by atoms with Crippen molar-refractivity contribution >= 4 is 17.8 Å². The number of quaternary nitrogens is 1. The second kappa shape index (κ2) is 14.3. The van der Waals surface area contributed by atoms with Gasteiger partial charge in [-0.1, -0.05) is 57.7 Å². The molecule has 166 valence electrons. The number of amides is 1. The third-order valence-electron chi connectivity index (χ3n) is 4.69. The molecule has 0 radical (unpaired) electrons. The standard InChI is InChI=1S/C23H34N2O5/c1-4-5-6-7-8-9-14-25-22(27)20(24)16-18-10-12-19(13-11-18)30-23(28)17(2)15-21(26)29-3/h10-13,20H,2,4-9,14-16,24H2,1,3H3,(H,25,27)/p+1/t20-/m0/s1. The van der Waals surface area contributed by atoms with E-state index in [0.717, 1.165) is 18.4 Å². The molecule has 0 aliphatic heterocycles. The first-order valence-electron chi connectivity index (χ1n) is 10.5. The van der Waals surface area contributed by atoms with Crippen LogP contribution in [0.25, 0.3) is 0 Å². The second-order valence-electron chi connectivity index (χ2n) is 7.35. The average molecular weight is 420 g/mol. The summed E-state index contributed by atoms with van der Waals surface area (Å²) < 4.78 is 9.69. The Bertz CT molecular complexity index is 700. The van der Waals surface area contributed by atoms with Crippen LogP contribution in [0, 0.1) is 0 Å². The first-order chi connectivity index (χ1) is 14.4. The van der Waals surface area contributed by atoms with Crippen molar-refractivity contribution in [3.8, 4) is 5.75 Å². The highest BCUT2D eigenvalue weighted by atomic mass is 16.5. The Balaban J connectivity index is 2.37. The number of carbonyl (C=O) groups excluding carboxylic acids is 3. The minimum absolute atomic E-state index is 0.0192. The van der Waals surface area contributed by atoms with Crippen LogP contribution in [0.5, 0.6) is 5.75 Å². The number of nitrogens with one attached hydrogen (secondary N) is 1. The Morgan fingerprint density at radius 2 is 1.70 bits per heavy atom. The second-order valence-corrected chi connectivity index (χ2v) is 7.35. The number of rotatable bonds is 14. The molecule has 0 aromatic heterocycles. The normalized spacial score (nSPS) is 11.4. The Labute approximate surface area is 179 Å². The molecular formula is C23H35N2O5+. The van der Waals surface area contributed by atoms with E-state index in [1.54, 1.807) is 24.3 Å². The minimum atomic E-state index is -0.683. The van der Waals surface area contributed by atoms with Crippen LogP contribution in [-0.4, -0.2) is 37.5 Å². The molecule has 0 saturated heterocycles. The van der Waals surface area contributed by atoms with Gasteiger partial charge in [0, 0.05) is 18.5 Å². The maximum Gasteiger partial charge on any atom is 0.339 e. The lowest BCUT2D eigenvalue weighted by Crippen LogP contribution is -2.68. The van der Waals surface area contributed by atoms with Gasteiger partial charge in [0.1, 0.15) is 5.75 Å². The summed E-state index contributed by atoms with van der Waals surface area (Å²) in [6.45, 7) is 6.41. The molecule has 0 aliphatic carbocycles. The van der Waals surface area contributed by atoms with Gasteiger partial charge in [-0.3, -0.25) is 9.59 Å². The van der Waals surface area contributed by atoms with E-state index < -0.39 is 18.0 Å². The summed E-state index contributed by atoms with van der Waals surface area (Å²) in [4.78, 5) is 35.3. The molecule has 30 heavy (non-hydrogen) atoms. The zero-order chi connectivity index (χ0) is 22.4. The fourth-order valence-corrected chi connectivity index (χ4v) is 2.83. The number of hydrogen-bond acceptors (Lipinski definition) is 5. The Hall–Kier alpha value is -2.67. The molecule has 7 nitrogen and oxygen atoms in total. The smallest absolute Gasteiger partial charge is 0.339 e. The van der Waals surface area contributed by atoms with E-state index in [4.69, 9.17) is 4.74 Å². The van der Waals surface area contributed by atoms with Gasteiger partial charge in [-0.2, -0.15) is 0 Å². The molecule has 0 aliphatic rings. The van der Waals surface area contributed by atoms with Crippen LogP contribution in [0.3, 0.4) is 0 Å². The Morgan fingerprint density at radius 3 is 2.33 bits per heavy atom. The number of carbonyl (C=O) groups is 3. The summed E-state index contributed by atoms with van der Waals surface area (Å²) >= 11 is 0. The van der Waals surface area contributed by atoms with Gasteiger partial charge in [-0.15, -0.1) is 0 Å². The van der Waals surface area contributed by atoms with Crippen LogP contribution < -0.4 is 15.8 Å². The predicted molar refractivity (Wildman–Crippen MR) is 115 cm³/mol. The van der Waals surface area contributed by atoms with Gasteiger partial charge in [-0.25, -0.2) is 4.79 Å². The molecule has 1 aromatic rings. The molecule has 1 rings (SSSR count). The summed E-state index contributed by atoms with van der Waals surface area (Å²) in [7, 11) is 1.24. The van der Waals surface area contributed by atoms with Crippen LogP contribution in [0.2, 0.25) is 0 Å². The molecule has 0 unspecified atom stereocenters. The average Bonchev–Trinajstić information content (AvgIpc) is 2.73. The number of hydrogen-bond donors (Lipinski definition) is 2. The van der Waals surface area contributed by atoms with E-state index in [1.165, 1.54) is 32.8 Å². The number of methoxy groups -OCH3 is 1. The fourth-order valence-electron chi connectivity index (χ4n) is 2.83. The summed E-state index contributed by atoms with van der Waals surface area (Å²) in [6.07, 6.45) is 7.37. The highest BCUT2D eigenvalue weighted by Crippen LogP contribution is 2.15. The molecular weight excluding hydrogens is 384 g/mol. The van der Waals surface area contributed by atoms with Crippen molar-refractivity contribution in [2.45, 2.75) is 64.3 Å². The monoisotopic (exact) mass is 419 g/mol. The van der Waals surface area contributed by atoms with Crippen molar-refractivity contribution in [3.05, 3.63) is 42.0 Å². The fraction of sp³-hybridized carbons (Fsp3) is 0.522. The number of unbranched alkanes of at least 4 members (excludes halogenated alkanes) is 5. The molecule has 0 fully saturated rings. The van der Waals surface area contributed by atoms with Crippen LogP contribution in [0.15, 0.2) is 36.4 Å². The van der Waals surface area contributed by atoms with Crippen molar-refractivity contribution in [1.82, 2.24) is 5.32 Å². The largest absolute Gasteiger partial charge is 0.469 e. The summed E-state index contributed by atoms with van der Waals surface area (Å²) in [6, 6.07) is 6.45. The summed E-state index contributed by atoms with van der Waals surface area (Å²) in [5.74, 6) is -0.957. The van der Waals surface area contributed by atoms with E-state index in [0.29, 0.717) is 18.7 Å². The Kier molecular flexibility index (Phi) is 12.1. The van der Waals surface area contributed by atoms with E-state index >= 15 is 0 Å². The van der Waals surface area contributed by atoms with Crippen molar-refractivity contribution in [2.24, 2.45) is 0 Å². The van der Waals surface area contributed by atoms with Crippen molar-refractivity contribution in [1.29, 1.82) is 0 Å². The molecule has 7 heteroatoms.